The summed E-state index contributed by atoms with van der Waals surface area (Å²) in [5.41, 5.74) is 0.0482. The molecule has 3 rings (SSSR count). The Balaban J connectivity index is 1.65. The van der Waals surface area contributed by atoms with Crippen LogP contribution in [0.3, 0.4) is 0 Å². The van der Waals surface area contributed by atoms with E-state index in [1.807, 2.05) is 0 Å². The summed E-state index contributed by atoms with van der Waals surface area (Å²) in [7, 11) is 0. The maximum absolute atomic E-state index is 12.6. The molecule has 0 radical (unpaired) electrons. The molecule has 0 aliphatic carbocycles. The highest BCUT2D eigenvalue weighted by molar-refractivity contribution is 5.94. The third kappa shape index (κ3) is 4.43. The number of benzene rings is 2. The van der Waals surface area contributed by atoms with Crippen molar-refractivity contribution in [2.45, 2.75) is 25.7 Å². The molecule has 0 bridgehead atoms. The molecular weight excluding hydrogens is 370 g/mol. The van der Waals surface area contributed by atoms with Crippen molar-refractivity contribution in [2.24, 2.45) is 0 Å². The molecule has 1 aromatic heterocycles. The number of phenols is 2. The van der Waals surface area contributed by atoms with E-state index in [9.17, 15) is 25.1 Å². The molecule has 0 saturated carbocycles. The first-order valence-corrected chi connectivity index (χ1v) is 8.78. The molecule has 0 aliphatic rings. The van der Waals surface area contributed by atoms with Crippen molar-refractivity contribution >= 4 is 21.9 Å². The molecule has 0 unspecified atom stereocenters. The highest BCUT2D eigenvalue weighted by Crippen LogP contribution is 2.31. The van der Waals surface area contributed by atoms with Crippen LogP contribution in [0.15, 0.2) is 39.5 Å². The molecule has 3 aromatic rings. The van der Waals surface area contributed by atoms with E-state index >= 15 is 0 Å². The normalized spacial score (nSPS) is 11.0. The topological polar surface area (TPSA) is 132 Å². The van der Waals surface area contributed by atoms with Crippen LogP contribution in [-0.4, -0.2) is 28.5 Å². The van der Waals surface area contributed by atoms with Gasteiger partial charge in [-0.3, -0.25) is 4.79 Å². The molecule has 0 saturated heterocycles. The van der Waals surface area contributed by atoms with Gasteiger partial charge in [-0.1, -0.05) is 12.8 Å². The second kappa shape index (κ2) is 8.47. The van der Waals surface area contributed by atoms with Crippen LogP contribution in [0.1, 0.15) is 25.7 Å². The molecule has 9 nitrogen and oxygen atoms in total. The van der Waals surface area contributed by atoms with Gasteiger partial charge in [-0.25, -0.2) is 0 Å². The van der Waals surface area contributed by atoms with E-state index in [0.29, 0.717) is 24.4 Å². The van der Waals surface area contributed by atoms with E-state index < -0.39 is 10.5 Å². The van der Waals surface area contributed by atoms with E-state index in [-0.39, 0.29) is 34.5 Å². The van der Waals surface area contributed by atoms with E-state index in [2.05, 4.69) is 4.84 Å². The Bertz CT molecular complexity index is 1060. The molecule has 0 fully saturated rings. The molecule has 0 spiro atoms. The first kappa shape index (κ1) is 19.3. The quantitative estimate of drug-likeness (QED) is 0.246. The van der Waals surface area contributed by atoms with Crippen LogP contribution in [0.25, 0.3) is 21.9 Å². The maximum Gasteiger partial charge on any atom is 0.294 e. The number of nitrogens with zero attached hydrogens (tertiary/aromatic N) is 1. The van der Waals surface area contributed by atoms with Crippen molar-refractivity contribution in [1.82, 2.24) is 0 Å². The van der Waals surface area contributed by atoms with Crippen molar-refractivity contribution in [3.8, 4) is 17.2 Å². The Morgan fingerprint density at radius 1 is 1.00 bits per heavy atom. The van der Waals surface area contributed by atoms with E-state index in [4.69, 9.17) is 9.15 Å². The molecule has 0 aliphatic heterocycles. The molecule has 0 amide bonds. The van der Waals surface area contributed by atoms with Crippen LogP contribution in [0, 0.1) is 10.1 Å². The standard InChI is InChI=1S/C19H19NO8/c21-12-5-6-16-14(9-12)19(23)18-15(22)10-13(11-17(18)28-16)26-7-3-1-2-4-8-27-20(24)25/h5-6,9-11,21-22H,1-4,7-8H2. The fourth-order valence-electron chi connectivity index (χ4n) is 2.89. The largest absolute Gasteiger partial charge is 0.508 e. The Morgan fingerprint density at radius 2 is 1.75 bits per heavy atom. The minimum absolute atomic E-state index is 0.0243. The number of ether oxygens (including phenoxy) is 1. The van der Waals surface area contributed by atoms with Crippen LogP contribution in [0.2, 0.25) is 0 Å². The third-order valence-corrected chi connectivity index (χ3v) is 4.21. The average Bonchev–Trinajstić information content (AvgIpc) is 2.64. The minimum atomic E-state index is -0.806. The van der Waals surface area contributed by atoms with Crippen molar-refractivity contribution in [2.75, 3.05) is 13.2 Å². The van der Waals surface area contributed by atoms with Crippen LogP contribution in [0.4, 0.5) is 0 Å². The van der Waals surface area contributed by atoms with Crippen molar-refractivity contribution in [3.05, 3.63) is 50.7 Å². The summed E-state index contributed by atoms with van der Waals surface area (Å²) in [6.07, 6.45) is 2.89. The van der Waals surface area contributed by atoms with Crippen LogP contribution < -0.4 is 10.2 Å². The zero-order valence-electron chi connectivity index (χ0n) is 14.9. The molecular formula is C19H19NO8. The smallest absolute Gasteiger partial charge is 0.294 e. The van der Waals surface area contributed by atoms with Gasteiger partial charge in [0.2, 0.25) is 5.43 Å². The summed E-state index contributed by atoms with van der Waals surface area (Å²) in [6, 6.07) is 7.07. The Morgan fingerprint density at radius 3 is 2.50 bits per heavy atom. The van der Waals surface area contributed by atoms with Gasteiger partial charge in [0.25, 0.3) is 5.09 Å². The van der Waals surface area contributed by atoms with Crippen LogP contribution in [0.5, 0.6) is 17.2 Å². The predicted molar refractivity (Wildman–Crippen MR) is 100 cm³/mol. The van der Waals surface area contributed by atoms with E-state index in [1.54, 1.807) is 0 Å². The highest BCUT2D eigenvalue weighted by atomic mass is 16.9. The summed E-state index contributed by atoms with van der Waals surface area (Å²) in [5.74, 6) is 0.0370. The number of rotatable bonds is 9. The SMILES string of the molecule is O=c1c2cc(O)ccc2oc2cc(OCCCCCCO[N+](=O)[O-])cc(O)c12. The number of fused-ring (bicyclic) bond motifs is 2. The van der Waals surface area contributed by atoms with Crippen LogP contribution in [-0.2, 0) is 4.84 Å². The Hall–Kier alpha value is -3.49. The summed E-state index contributed by atoms with van der Waals surface area (Å²) in [5, 5.41) is 29.2. The fraction of sp³-hybridized carbons (Fsp3) is 0.316. The Kier molecular flexibility index (Phi) is 5.83. The second-order valence-electron chi connectivity index (χ2n) is 6.25. The van der Waals surface area contributed by atoms with Crippen molar-refractivity contribution in [1.29, 1.82) is 0 Å². The van der Waals surface area contributed by atoms with Gasteiger partial charge in [0.1, 0.15) is 33.8 Å². The summed E-state index contributed by atoms with van der Waals surface area (Å²) < 4.78 is 11.3. The third-order valence-electron chi connectivity index (χ3n) is 4.21. The summed E-state index contributed by atoms with van der Waals surface area (Å²) in [4.78, 5) is 26.8. The predicted octanol–water partition coefficient (Wildman–Crippen LogP) is 3.50. The molecule has 1 heterocycles. The second-order valence-corrected chi connectivity index (χ2v) is 6.25. The van der Waals surface area contributed by atoms with Gasteiger partial charge in [0.15, 0.2) is 0 Å². The van der Waals surface area contributed by atoms with Gasteiger partial charge in [-0.2, -0.15) is 0 Å². The van der Waals surface area contributed by atoms with Crippen molar-refractivity contribution in [3.63, 3.8) is 0 Å². The molecule has 0 atom stereocenters. The maximum atomic E-state index is 12.6. The number of hydrogen-bond acceptors (Lipinski definition) is 8. The van der Waals surface area contributed by atoms with E-state index in [0.717, 1.165) is 19.3 Å². The number of hydrogen-bond donors (Lipinski definition) is 2. The highest BCUT2D eigenvalue weighted by Gasteiger charge is 2.14. The van der Waals surface area contributed by atoms with Crippen molar-refractivity contribution < 1.29 is 29.3 Å². The molecule has 9 heteroatoms. The molecule has 148 valence electrons. The molecule has 28 heavy (non-hydrogen) atoms. The number of aromatic hydroxyl groups is 2. The van der Waals surface area contributed by atoms with Gasteiger partial charge in [0, 0.05) is 12.1 Å². The monoisotopic (exact) mass is 389 g/mol. The number of phenolic OH excluding ortho intramolecular Hbond substituents is 2. The van der Waals surface area contributed by atoms with Gasteiger partial charge in [-0.05, 0) is 31.0 Å². The van der Waals surface area contributed by atoms with Gasteiger partial charge < -0.3 is 24.2 Å². The number of unbranched alkanes of at least 4 members (excludes halogenated alkanes) is 3. The van der Waals surface area contributed by atoms with Gasteiger partial charge >= 0.3 is 0 Å². The molecule has 2 N–H and O–H groups in total. The first-order chi connectivity index (χ1) is 13.5. The van der Waals surface area contributed by atoms with Gasteiger partial charge in [0.05, 0.1) is 18.6 Å². The zero-order chi connectivity index (χ0) is 20.1. The lowest BCUT2D eigenvalue weighted by Crippen LogP contribution is -2.04. The van der Waals surface area contributed by atoms with Crippen LogP contribution >= 0.6 is 0 Å². The molecule has 2 aromatic carbocycles. The lowest BCUT2D eigenvalue weighted by atomic mass is 10.1. The lowest BCUT2D eigenvalue weighted by molar-refractivity contribution is -0.757. The lowest BCUT2D eigenvalue weighted by Gasteiger charge is -2.09. The minimum Gasteiger partial charge on any atom is -0.508 e. The zero-order valence-corrected chi connectivity index (χ0v) is 14.9. The van der Waals surface area contributed by atoms with Gasteiger partial charge in [-0.15, -0.1) is 10.1 Å². The first-order valence-electron chi connectivity index (χ1n) is 8.78. The fourth-order valence-corrected chi connectivity index (χ4v) is 2.89. The summed E-state index contributed by atoms with van der Waals surface area (Å²) in [6.45, 7) is 0.462. The Labute approximate surface area is 158 Å². The van der Waals surface area contributed by atoms with E-state index in [1.165, 1.54) is 30.3 Å². The summed E-state index contributed by atoms with van der Waals surface area (Å²) >= 11 is 0. The average molecular weight is 389 g/mol.